The van der Waals surface area contributed by atoms with E-state index in [1.165, 1.54) is 56.9 Å². The summed E-state index contributed by atoms with van der Waals surface area (Å²) in [6.45, 7) is 0.675. The summed E-state index contributed by atoms with van der Waals surface area (Å²) in [6, 6.07) is 4.11. The third-order valence-electron chi connectivity index (χ3n) is 4.72. The van der Waals surface area contributed by atoms with Gasteiger partial charge in [-0.2, -0.15) is 0 Å². The van der Waals surface area contributed by atoms with Gasteiger partial charge in [-0.25, -0.2) is 0 Å². The normalized spacial score (nSPS) is 18.5. The second-order valence-electron chi connectivity index (χ2n) is 6.54. The second kappa shape index (κ2) is 8.09. The minimum atomic E-state index is -0.138. The van der Waals surface area contributed by atoms with Gasteiger partial charge in [0.15, 0.2) is 5.69 Å². The maximum atomic E-state index is 12.1. The van der Waals surface area contributed by atoms with Crippen molar-refractivity contribution in [1.29, 1.82) is 0 Å². The van der Waals surface area contributed by atoms with E-state index in [2.05, 4.69) is 26.9 Å². The van der Waals surface area contributed by atoms with Crippen LogP contribution in [0.4, 0.5) is 5.82 Å². The average molecular weight is 314 g/mol. The van der Waals surface area contributed by atoms with Crippen molar-refractivity contribution < 1.29 is 4.79 Å². The summed E-state index contributed by atoms with van der Waals surface area (Å²) in [5, 5.41) is 14.5. The first-order valence-corrected chi connectivity index (χ1v) is 8.87. The minimum Gasteiger partial charge on any atom is -0.366 e. The maximum Gasteiger partial charge on any atom is 0.271 e. The smallest absolute Gasteiger partial charge is 0.271 e. The van der Waals surface area contributed by atoms with Crippen LogP contribution in [0.25, 0.3) is 0 Å². The van der Waals surface area contributed by atoms with Gasteiger partial charge >= 0.3 is 0 Å². The summed E-state index contributed by atoms with van der Waals surface area (Å²) in [6.07, 6.45) is 13.2. The van der Waals surface area contributed by atoms with Crippen molar-refractivity contribution in [3.63, 3.8) is 0 Å². The first-order valence-electron chi connectivity index (χ1n) is 8.87. The number of carbonyl (C=O) groups is 1. The van der Waals surface area contributed by atoms with E-state index >= 15 is 0 Å². The van der Waals surface area contributed by atoms with Crippen LogP contribution in [-0.2, 0) is 0 Å². The number of carbonyl (C=O) groups excluding carboxylic acids is 1. The monoisotopic (exact) mass is 314 g/mol. The Morgan fingerprint density at radius 3 is 2.70 bits per heavy atom. The summed E-state index contributed by atoms with van der Waals surface area (Å²) in [7, 11) is 0. The molecular formula is C18H26N4O. The number of anilines is 1. The van der Waals surface area contributed by atoms with Crippen molar-refractivity contribution in [2.75, 3.05) is 11.9 Å². The summed E-state index contributed by atoms with van der Waals surface area (Å²) in [5.74, 6) is 0.627. The molecule has 5 nitrogen and oxygen atoms in total. The first kappa shape index (κ1) is 16.0. The maximum absolute atomic E-state index is 12.1. The van der Waals surface area contributed by atoms with Gasteiger partial charge in [0.25, 0.3) is 5.91 Å². The molecule has 0 saturated heterocycles. The largest absolute Gasteiger partial charge is 0.366 e. The molecule has 2 aliphatic rings. The van der Waals surface area contributed by atoms with Crippen molar-refractivity contribution in [2.45, 2.75) is 63.8 Å². The Hall–Kier alpha value is -1.91. The summed E-state index contributed by atoms with van der Waals surface area (Å²) < 4.78 is 0. The molecule has 0 spiro atoms. The molecule has 2 aliphatic carbocycles. The van der Waals surface area contributed by atoms with Crippen molar-refractivity contribution in [3.05, 3.63) is 29.5 Å². The van der Waals surface area contributed by atoms with Gasteiger partial charge in [-0.1, -0.05) is 24.5 Å². The van der Waals surface area contributed by atoms with Crippen LogP contribution in [0.5, 0.6) is 0 Å². The lowest BCUT2D eigenvalue weighted by molar-refractivity contribution is 0.0948. The van der Waals surface area contributed by atoms with E-state index < -0.39 is 0 Å². The SMILES string of the molecule is O=C(NCCC1=CCCCC1)c1ccc(NC2CCCC2)nn1. The van der Waals surface area contributed by atoms with E-state index in [4.69, 9.17) is 0 Å². The molecular weight excluding hydrogens is 288 g/mol. The highest BCUT2D eigenvalue weighted by Crippen LogP contribution is 2.21. The Kier molecular flexibility index (Phi) is 5.61. The van der Waals surface area contributed by atoms with E-state index in [0.717, 1.165) is 12.2 Å². The molecule has 0 radical (unpaired) electrons. The molecule has 2 N–H and O–H groups in total. The Labute approximate surface area is 138 Å². The van der Waals surface area contributed by atoms with E-state index in [1.54, 1.807) is 6.07 Å². The van der Waals surface area contributed by atoms with Gasteiger partial charge in [0.2, 0.25) is 0 Å². The lowest BCUT2D eigenvalue weighted by Crippen LogP contribution is -2.26. The van der Waals surface area contributed by atoms with Crippen LogP contribution in [0.3, 0.4) is 0 Å². The third kappa shape index (κ3) is 4.78. The molecule has 1 amide bonds. The van der Waals surface area contributed by atoms with Crippen LogP contribution in [0.15, 0.2) is 23.8 Å². The van der Waals surface area contributed by atoms with Gasteiger partial charge in [-0.15, -0.1) is 10.2 Å². The third-order valence-corrected chi connectivity index (χ3v) is 4.72. The molecule has 1 heterocycles. The van der Waals surface area contributed by atoms with Gasteiger partial charge in [-0.3, -0.25) is 4.79 Å². The molecule has 23 heavy (non-hydrogen) atoms. The highest BCUT2D eigenvalue weighted by atomic mass is 16.1. The number of nitrogens with one attached hydrogen (secondary N) is 2. The van der Waals surface area contributed by atoms with Crippen LogP contribution in [0.2, 0.25) is 0 Å². The fourth-order valence-electron chi connectivity index (χ4n) is 3.37. The Morgan fingerprint density at radius 1 is 1.13 bits per heavy atom. The highest BCUT2D eigenvalue weighted by molar-refractivity contribution is 5.92. The minimum absolute atomic E-state index is 0.138. The molecule has 5 heteroatoms. The van der Waals surface area contributed by atoms with Crippen molar-refractivity contribution in [3.8, 4) is 0 Å². The Balaban J connectivity index is 1.44. The number of hydrogen-bond acceptors (Lipinski definition) is 4. The zero-order valence-electron chi connectivity index (χ0n) is 13.7. The van der Waals surface area contributed by atoms with E-state index in [9.17, 15) is 4.79 Å². The number of amides is 1. The lowest BCUT2D eigenvalue weighted by atomic mass is 9.97. The van der Waals surface area contributed by atoms with E-state index in [1.807, 2.05) is 6.07 Å². The molecule has 1 aromatic rings. The quantitative estimate of drug-likeness (QED) is 0.789. The second-order valence-corrected chi connectivity index (χ2v) is 6.54. The molecule has 0 atom stereocenters. The zero-order valence-corrected chi connectivity index (χ0v) is 13.7. The van der Waals surface area contributed by atoms with Crippen molar-refractivity contribution in [2.24, 2.45) is 0 Å². The summed E-state index contributed by atoms with van der Waals surface area (Å²) >= 11 is 0. The molecule has 1 saturated carbocycles. The average Bonchev–Trinajstić information content (AvgIpc) is 3.09. The fraction of sp³-hybridized carbons (Fsp3) is 0.611. The summed E-state index contributed by atoms with van der Waals surface area (Å²) in [4.78, 5) is 12.1. The van der Waals surface area contributed by atoms with Crippen LogP contribution >= 0.6 is 0 Å². The lowest BCUT2D eigenvalue weighted by Gasteiger charge is -2.13. The van der Waals surface area contributed by atoms with E-state index in [-0.39, 0.29) is 5.91 Å². The van der Waals surface area contributed by atoms with Gasteiger partial charge in [0.1, 0.15) is 5.82 Å². The molecule has 124 valence electrons. The van der Waals surface area contributed by atoms with Crippen molar-refractivity contribution >= 4 is 11.7 Å². The van der Waals surface area contributed by atoms with Crippen LogP contribution in [-0.4, -0.2) is 28.7 Å². The number of hydrogen-bond donors (Lipinski definition) is 2. The molecule has 3 rings (SSSR count). The molecule has 0 bridgehead atoms. The number of nitrogens with zero attached hydrogens (tertiary/aromatic N) is 2. The van der Waals surface area contributed by atoms with E-state index in [0.29, 0.717) is 18.3 Å². The Bertz CT molecular complexity index is 547. The van der Waals surface area contributed by atoms with Crippen LogP contribution < -0.4 is 10.6 Å². The number of aromatic nitrogens is 2. The van der Waals surface area contributed by atoms with Crippen LogP contribution in [0.1, 0.15) is 68.3 Å². The first-order chi connectivity index (χ1) is 11.3. The highest BCUT2D eigenvalue weighted by Gasteiger charge is 2.15. The van der Waals surface area contributed by atoms with Gasteiger partial charge in [0, 0.05) is 12.6 Å². The standard InChI is InChI=1S/C18H26N4O/c23-18(19-13-12-14-6-2-1-3-7-14)16-10-11-17(22-21-16)20-15-8-4-5-9-15/h6,10-11,15H,1-5,7-9,12-13H2,(H,19,23)(H,20,22). The molecule has 0 aromatic carbocycles. The van der Waals surface area contributed by atoms with Gasteiger partial charge in [0.05, 0.1) is 0 Å². The molecule has 1 fully saturated rings. The number of rotatable bonds is 6. The molecule has 0 aliphatic heterocycles. The predicted octanol–water partition coefficient (Wildman–Crippen LogP) is 3.45. The predicted molar refractivity (Wildman–Crippen MR) is 91.4 cm³/mol. The topological polar surface area (TPSA) is 66.9 Å². The molecule has 0 unspecified atom stereocenters. The van der Waals surface area contributed by atoms with Gasteiger partial charge < -0.3 is 10.6 Å². The zero-order chi connectivity index (χ0) is 15.9. The van der Waals surface area contributed by atoms with Crippen molar-refractivity contribution in [1.82, 2.24) is 15.5 Å². The van der Waals surface area contributed by atoms with Gasteiger partial charge in [-0.05, 0) is 57.1 Å². The summed E-state index contributed by atoms with van der Waals surface area (Å²) in [5.41, 5.74) is 1.86. The Morgan fingerprint density at radius 2 is 2.00 bits per heavy atom. The van der Waals surface area contributed by atoms with Crippen LogP contribution in [0, 0.1) is 0 Å². The molecule has 1 aromatic heterocycles. The number of allylic oxidation sites excluding steroid dienone is 1. The fourth-order valence-corrected chi connectivity index (χ4v) is 3.37.